The maximum Gasteiger partial charge on any atom is 0.140 e. The highest BCUT2D eigenvalue weighted by Crippen LogP contribution is 2.28. The Kier molecular flexibility index (Phi) is 4.62. The Balaban J connectivity index is 1.72. The summed E-state index contributed by atoms with van der Waals surface area (Å²) < 4.78 is 7.90. The Morgan fingerprint density at radius 1 is 1.38 bits per heavy atom. The predicted octanol–water partition coefficient (Wildman–Crippen LogP) is 2.09. The van der Waals surface area contributed by atoms with E-state index in [1.165, 1.54) is 11.1 Å². The van der Waals surface area contributed by atoms with E-state index in [4.69, 9.17) is 4.74 Å². The van der Waals surface area contributed by atoms with Gasteiger partial charge in [0.05, 0.1) is 19.7 Å². The van der Waals surface area contributed by atoms with Gasteiger partial charge in [-0.05, 0) is 30.5 Å². The Morgan fingerprint density at radius 2 is 2.29 bits per heavy atom. The van der Waals surface area contributed by atoms with Crippen LogP contribution in [0.25, 0.3) is 0 Å². The lowest BCUT2D eigenvalue weighted by atomic mass is 9.97. The summed E-state index contributed by atoms with van der Waals surface area (Å²) in [6, 6.07) is 8.52. The van der Waals surface area contributed by atoms with Gasteiger partial charge >= 0.3 is 0 Å². The topological polar surface area (TPSA) is 52.0 Å². The van der Waals surface area contributed by atoms with E-state index < -0.39 is 0 Å². The molecule has 1 aromatic heterocycles. The smallest absolute Gasteiger partial charge is 0.140 e. The minimum Gasteiger partial charge on any atom is -0.371 e. The molecule has 0 amide bonds. The van der Waals surface area contributed by atoms with Gasteiger partial charge in [0, 0.05) is 0 Å². The van der Waals surface area contributed by atoms with Crippen LogP contribution in [-0.4, -0.2) is 27.9 Å². The van der Waals surface area contributed by atoms with Crippen molar-refractivity contribution in [3.05, 3.63) is 47.5 Å². The first-order chi connectivity index (χ1) is 10.4. The number of rotatable bonds is 6. The van der Waals surface area contributed by atoms with Crippen LogP contribution in [0.1, 0.15) is 36.4 Å². The first-order valence-electron chi connectivity index (χ1n) is 7.65. The minimum absolute atomic E-state index is 0.0709. The van der Waals surface area contributed by atoms with Crippen molar-refractivity contribution in [1.82, 2.24) is 20.1 Å². The molecule has 1 aliphatic heterocycles. The fourth-order valence-electron chi connectivity index (χ4n) is 2.74. The zero-order valence-corrected chi connectivity index (χ0v) is 12.5. The van der Waals surface area contributed by atoms with E-state index in [1.807, 2.05) is 4.68 Å². The molecule has 1 unspecified atom stereocenters. The maximum absolute atomic E-state index is 5.95. The van der Waals surface area contributed by atoms with Gasteiger partial charge in [-0.1, -0.05) is 31.2 Å². The zero-order valence-electron chi connectivity index (χ0n) is 12.5. The summed E-state index contributed by atoms with van der Waals surface area (Å²) in [6.07, 6.45) is 3.81. The summed E-state index contributed by atoms with van der Waals surface area (Å²) in [5.74, 6) is 0.968. The van der Waals surface area contributed by atoms with Crippen LogP contribution < -0.4 is 5.32 Å². The van der Waals surface area contributed by atoms with Gasteiger partial charge in [-0.15, -0.1) is 0 Å². The molecule has 1 N–H and O–H groups in total. The van der Waals surface area contributed by atoms with Crippen molar-refractivity contribution in [2.75, 3.05) is 13.2 Å². The first kappa shape index (κ1) is 14.2. The number of benzene rings is 1. The quantitative estimate of drug-likeness (QED) is 0.826. The predicted molar refractivity (Wildman–Crippen MR) is 80.9 cm³/mol. The largest absolute Gasteiger partial charge is 0.371 e. The second-order valence-corrected chi connectivity index (χ2v) is 5.34. The average molecular weight is 286 g/mol. The van der Waals surface area contributed by atoms with E-state index in [0.717, 1.165) is 44.9 Å². The molecule has 0 saturated carbocycles. The van der Waals surface area contributed by atoms with Crippen molar-refractivity contribution < 1.29 is 4.74 Å². The molecule has 0 spiro atoms. The molecular weight excluding hydrogens is 264 g/mol. The van der Waals surface area contributed by atoms with Crippen molar-refractivity contribution in [2.45, 2.75) is 39.0 Å². The van der Waals surface area contributed by atoms with Crippen LogP contribution in [0.4, 0.5) is 0 Å². The van der Waals surface area contributed by atoms with E-state index in [1.54, 1.807) is 6.33 Å². The molecule has 2 heterocycles. The van der Waals surface area contributed by atoms with Gasteiger partial charge in [-0.2, -0.15) is 5.10 Å². The highest BCUT2D eigenvalue weighted by molar-refractivity contribution is 5.30. The van der Waals surface area contributed by atoms with Crippen molar-refractivity contribution in [1.29, 1.82) is 0 Å². The van der Waals surface area contributed by atoms with Crippen molar-refractivity contribution in [3.63, 3.8) is 0 Å². The molecule has 3 rings (SSSR count). The van der Waals surface area contributed by atoms with E-state index in [0.29, 0.717) is 0 Å². The molecule has 5 nitrogen and oxygen atoms in total. The van der Waals surface area contributed by atoms with Crippen molar-refractivity contribution >= 4 is 0 Å². The third-order valence-electron chi connectivity index (χ3n) is 3.84. The van der Waals surface area contributed by atoms with Gasteiger partial charge in [0.15, 0.2) is 0 Å². The Morgan fingerprint density at radius 3 is 3.19 bits per heavy atom. The number of nitrogens with one attached hydrogen (secondary N) is 1. The summed E-state index contributed by atoms with van der Waals surface area (Å²) in [7, 11) is 0. The normalized spacial score (nSPS) is 17.7. The molecule has 0 radical (unpaired) electrons. The van der Waals surface area contributed by atoms with Crippen LogP contribution >= 0.6 is 0 Å². The van der Waals surface area contributed by atoms with E-state index in [9.17, 15) is 0 Å². The molecule has 112 valence electrons. The molecule has 0 fully saturated rings. The molecule has 5 heteroatoms. The van der Waals surface area contributed by atoms with Crippen LogP contribution in [0, 0.1) is 0 Å². The lowest BCUT2D eigenvalue weighted by Gasteiger charge is -2.26. The highest BCUT2D eigenvalue weighted by Gasteiger charge is 2.22. The summed E-state index contributed by atoms with van der Waals surface area (Å²) in [4.78, 5) is 4.34. The van der Waals surface area contributed by atoms with Crippen molar-refractivity contribution in [3.8, 4) is 0 Å². The average Bonchev–Trinajstić information content (AvgIpc) is 2.95. The van der Waals surface area contributed by atoms with Crippen LogP contribution in [0.2, 0.25) is 0 Å². The third-order valence-corrected chi connectivity index (χ3v) is 3.84. The SMILES string of the molecule is CCCNCc1ncnn1CC1OCCc2ccccc21. The number of fused-ring (bicyclic) bond motifs is 1. The van der Waals surface area contributed by atoms with Crippen LogP contribution in [0.15, 0.2) is 30.6 Å². The van der Waals surface area contributed by atoms with Crippen LogP contribution in [0.5, 0.6) is 0 Å². The molecule has 0 bridgehead atoms. The summed E-state index contributed by atoms with van der Waals surface area (Å²) in [5.41, 5.74) is 2.67. The number of hydrogen-bond donors (Lipinski definition) is 1. The summed E-state index contributed by atoms with van der Waals surface area (Å²) >= 11 is 0. The fourth-order valence-corrected chi connectivity index (χ4v) is 2.74. The Bertz CT molecular complexity index is 581. The van der Waals surface area contributed by atoms with Gasteiger partial charge < -0.3 is 10.1 Å². The molecular formula is C16H22N4O. The molecule has 0 saturated heterocycles. The van der Waals surface area contributed by atoms with Gasteiger partial charge in [0.2, 0.25) is 0 Å². The second kappa shape index (κ2) is 6.83. The molecule has 1 aromatic carbocycles. The third kappa shape index (κ3) is 3.31. The van der Waals surface area contributed by atoms with Gasteiger partial charge in [-0.25, -0.2) is 9.67 Å². The van der Waals surface area contributed by atoms with Crippen molar-refractivity contribution in [2.24, 2.45) is 0 Å². The number of nitrogens with zero attached hydrogens (tertiary/aromatic N) is 3. The summed E-state index contributed by atoms with van der Waals surface area (Å²) in [6.45, 7) is 5.41. The van der Waals surface area contributed by atoms with Gasteiger partial charge in [0.25, 0.3) is 0 Å². The van der Waals surface area contributed by atoms with Crippen LogP contribution in [-0.2, 0) is 24.2 Å². The van der Waals surface area contributed by atoms with Gasteiger partial charge in [-0.3, -0.25) is 0 Å². The molecule has 1 atom stereocenters. The number of aromatic nitrogens is 3. The van der Waals surface area contributed by atoms with E-state index >= 15 is 0 Å². The van der Waals surface area contributed by atoms with E-state index in [-0.39, 0.29) is 6.10 Å². The molecule has 1 aliphatic rings. The second-order valence-electron chi connectivity index (χ2n) is 5.34. The minimum atomic E-state index is 0.0709. The number of ether oxygens (including phenoxy) is 1. The molecule has 2 aromatic rings. The van der Waals surface area contributed by atoms with E-state index in [2.05, 4.69) is 46.6 Å². The Labute approximate surface area is 125 Å². The lowest BCUT2D eigenvalue weighted by Crippen LogP contribution is -2.24. The first-order valence-corrected chi connectivity index (χ1v) is 7.65. The summed E-state index contributed by atoms with van der Waals surface area (Å²) in [5, 5.41) is 7.72. The standard InChI is InChI=1S/C16H22N4O/c1-2-8-17-10-16-18-12-19-20(16)11-15-14-6-4-3-5-13(14)7-9-21-15/h3-6,12,15,17H,2,7-11H2,1H3. The van der Waals surface area contributed by atoms with Gasteiger partial charge in [0.1, 0.15) is 18.3 Å². The maximum atomic E-state index is 5.95. The molecule has 21 heavy (non-hydrogen) atoms. The number of hydrogen-bond acceptors (Lipinski definition) is 4. The highest BCUT2D eigenvalue weighted by atomic mass is 16.5. The fraction of sp³-hybridized carbons (Fsp3) is 0.500. The molecule has 0 aliphatic carbocycles. The zero-order chi connectivity index (χ0) is 14.5. The lowest BCUT2D eigenvalue weighted by molar-refractivity contribution is 0.0275. The Hall–Kier alpha value is -1.72. The monoisotopic (exact) mass is 286 g/mol. The van der Waals surface area contributed by atoms with Crippen LogP contribution in [0.3, 0.4) is 0 Å².